The van der Waals surface area contributed by atoms with Gasteiger partial charge in [0.2, 0.25) is 0 Å². The summed E-state index contributed by atoms with van der Waals surface area (Å²) in [4.78, 5) is 72.6. The van der Waals surface area contributed by atoms with E-state index in [9.17, 15) is 43.2 Å². The molecule has 19 heteroatoms. The topological polar surface area (TPSA) is 237 Å². The van der Waals surface area contributed by atoms with Crippen LogP contribution in [-0.4, -0.2) is 96.7 Å². The molecular weight excluding hydrogens is 1220 g/mol. The average molecular weight is 1370 g/mol. The lowest BCUT2D eigenvalue weighted by molar-refractivity contribution is -0.161. The summed E-state index contributed by atoms with van der Waals surface area (Å²) in [5.74, 6) is 0.0247. The van der Waals surface area contributed by atoms with E-state index in [1.165, 1.54) is 180 Å². The number of hydrogen-bond donors (Lipinski definition) is 3. The number of hydrogen-bond acceptors (Lipinski definition) is 15. The predicted octanol–water partition coefficient (Wildman–Crippen LogP) is 21.4. The van der Waals surface area contributed by atoms with Crippen molar-refractivity contribution in [2.24, 2.45) is 17.8 Å². The largest absolute Gasteiger partial charge is 0.472 e. The lowest BCUT2D eigenvalue weighted by Gasteiger charge is -2.21. The zero-order chi connectivity index (χ0) is 68.7. The van der Waals surface area contributed by atoms with Crippen molar-refractivity contribution in [3.05, 3.63) is 0 Å². The Kier molecular flexibility index (Phi) is 63.4. The molecule has 93 heavy (non-hydrogen) atoms. The minimum Gasteiger partial charge on any atom is -0.462 e. The van der Waals surface area contributed by atoms with Gasteiger partial charge in [-0.1, -0.05) is 325 Å². The van der Waals surface area contributed by atoms with Gasteiger partial charge in [0.1, 0.15) is 19.3 Å². The van der Waals surface area contributed by atoms with Crippen LogP contribution < -0.4 is 0 Å². The number of carbonyl (C=O) groups is 4. The van der Waals surface area contributed by atoms with Gasteiger partial charge in [0.05, 0.1) is 26.4 Å². The molecule has 0 aromatic rings. The maximum atomic E-state index is 13.0. The second kappa shape index (κ2) is 64.7. The molecule has 0 amide bonds. The number of unbranched alkanes of at least 4 members (excludes halogenated alkanes) is 39. The Labute approximate surface area is 568 Å². The number of phosphoric acid groups is 2. The Hall–Kier alpha value is -1.94. The molecule has 0 heterocycles. The minimum absolute atomic E-state index is 0.102. The van der Waals surface area contributed by atoms with Crippen molar-refractivity contribution in [1.82, 2.24) is 0 Å². The van der Waals surface area contributed by atoms with Crippen molar-refractivity contribution in [1.29, 1.82) is 0 Å². The molecule has 0 saturated heterocycles. The van der Waals surface area contributed by atoms with Crippen molar-refractivity contribution in [3.63, 3.8) is 0 Å². The number of ether oxygens (including phenoxy) is 4. The lowest BCUT2D eigenvalue weighted by Crippen LogP contribution is -2.30. The SMILES string of the molecule is CCCCCCCCCCCCCCCCCCCCCCCCC(=O)O[C@H](COC(=O)CCCCCCCCCCC(C)C)COP(=O)(O)OC[C@@H](O)COP(=O)(O)OC[C@@H](COC(=O)CCCCCCCCC(C)CC)OC(=O)CCCCCCCCCC(C)C. The van der Waals surface area contributed by atoms with Crippen LogP contribution in [-0.2, 0) is 65.4 Å². The van der Waals surface area contributed by atoms with E-state index >= 15 is 0 Å². The number of aliphatic hydroxyl groups excluding tert-OH is 1. The summed E-state index contributed by atoms with van der Waals surface area (Å²) < 4.78 is 68.3. The van der Waals surface area contributed by atoms with Crippen molar-refractivity contribution >= 4 is 39.5 Å². The Balaban J connectivity index is 5.15. The van der Waals surface area contributed by atoms with E-state index in [1.807, 2.05) is 0 Å². The van der Waals surface area contributed by atoms with Crippen molar-refractivity contribution in [2.75, 3.05) is 39.6 Å². The van der Waals surface area contributed by atoms with E-state index in [2.05, 4.69) is 48.5 Å². The summed E-state index contributed by atoms with van der Waals surface area (Å²) in [7, 11) is -9.91. The fourth-order valence-electron chi connectivity index (χ4n) is 11.2. The smallest absolute Gasteiger partial charge is 0.462 e. The first-order valence-corrected chi connectivity index (χ1v) is 41.4. The normalized spacial score (nSPS) is 14.4. The first-order valence-electron chi connectivity index (χ1n) is 38.4. The van der Waals surface area contributed by atoms with Gasteiger partial charge < -0.3 is 33.8 Å². The summed E-state index contributed by atoms with van der Waals surface area (Å²) in [5.41, 5.74) is 0. The highest BCUT2D eigenvalue weighted by atomic mass is 31.2. The average Bonchev–Trinajstić information content (AvgIpc) is 1.79. The molecule has 0 rings (SSSR count). The number of phosphoric ester groups is 2. The maximum absolute atomic E-state index is 13.0. The van der Waals surface area contributed by atoms with E-state index < -0.39 is 97.5 Å². The highest BCUT2D eigenvalue weighted by molar-refractivity contribution is 7.47. The first-order chi connectivity index (χ1) is 44.8. The molecule has 0 saturated carbocycles. The molecule has 0 aromatic heterocycles. The monoisotopic (exact) mass is 1370 g/mol. The second-order valence-electron chi connectivity index (χ2n) is 27.9. The third-order valence-corrected chi connectivity index (χ3v) is 19.4. The highest BCUT2D eigenvalue weighted by Gasteiger charge is 2.30. The molecule has 6 atom stereocenters. The maximum Gasteiger partial charge on any atom is 0.472 e. The van der Waals surface area contributed by atoms with Crippen LogP contribution in [0.2, 0.25) is 0 Å². The Bertz CT molecular complexity index is 1820. The molecule has 3 unspecified atom stereocenters. The third-order valence-electron chi connectivity index (χ3n) is 17.5. The van der Waals surface area contributed by atoms with Crippen LogP contribution in [0.25, 0.3) is 0 Å². The summed E-state index contributed by atoms with van der Waals surface area (Å²) >= 11 is 0. The minimum atomic E-state index is -4.95. The molecule has 0 aliphatic rings. The van der Waals surface area contributed by atoms with Gasteiger partial charge in [-0.2, -0.15) is 0 Å². The van der Waals surface area contributed by atoms with E-state index in [0.29, 0.717) is 31.6 Å². The van der Waals surface area contributed by atoms with Gasteiger partial charge in [-0.3, -0.25) is 37.3 Å². The van der Waals surface area contributed by atoms with Crippen molar-refractivity contribution < 1.29 is 80.2 Å². The number of rotatable bonds is 72. The molecule has 3 N–H and O–H groups in total. The predicted molar refractivity (Wildman–Crippen MR) is 377 cm³/mol. The number of esters is 4. The Morgan fingerprint density at radius 1 is 0.312 bits per heavy atom. The van der Waals surface area contributed by atoms with E-state index in [1.54, 1.807) is 0 Å². The fourth-order valence-corrected chi connectivity index (χ4v) is 12.8. The van der Waals surface area contributed by atoms with Crippen molar-refractivity contribution in [3.8, 4) is 0 Å². The second-order valence-corrected chi connectivity index (χ2v) is 30.8. The van der Waals surface area contributed by atoms with E-state index in [0.717, 1.165) is 108 Å². The molecule has 0 aliphatic carbocycles. The zero-order valence-corrected chi connectivity index (χ0v) is 62.5. The molecule has 552 valence electrons. The third kappa shape index (κ3) is 67.0. The quantitative estimate of drug-likeness (QED) is 0.0222. The van der Waals surface area contributed by atoms with Crippen LogP contribution in [0.4, 0.5) is 0 Å². The van der Waals surface area contributed by atoms with Crippen LogP contribution in [0.15, 0.2) is 0 Å². The molecule has 0 bridgehead atoms. The molecule has 0 spiro atoms. The van der Waals surface area contributed by atoms with Gasteiger partial charge in [0.15, 0.2) is 12.2 Å². The molecule has 17 nitrogen and oxygen atoms in total. The van der Waals surface area contributed by atoms with Crippen LogP contribution in [0.3, 0.4) is 0 Å². The summed E-state index contributed by atoms with van der Waals surface area (Å²) in [5, 5.41) is 10.6. The molecule has 0 aromatic carbocycles. The standard InChI is InChI=1S/C74H144O17P2/c1-8-10-11-12-13-14-15-16-17-18-19-20-21-22-23-24-25-26-27-34-43-50-57-73(78)90-69(61-84-71(76)55-48-41-33-29-28-31-38-45-52-65(3)4)63-88-92(80,81)86-59-68(75)60-87-93(82,83)89-64-70(91-74(79)58-51-44-35-30-32-39-46-53-66(5)6)62-85-72(77)56-49-42-37-36-40-47-54-67(7)9-2/h65-70,75H,8-64H2,1-7H3,(H,80,81)(H,82,83)/t67?,68-,69-,70-/m1/s1. The summed E-state index contributed by atoms with van der Waals surface area (Å²) in [6.07, 6.45) is 50.4. The van der Waals surface area contributed by atoms with Crippen LogP contribution in [0.1, 0.15) is 376 Å². The van der Waals surface area contributed by atoms with Crippen LogP contribution in [0.5, 0.6) is 0 Å². The van der Waals surface area contributed by atoms with Crippen molar-refractivity contribution in [2.45, 2.75) is 394 Å². The highest BCUT2D eigenvalue weighted by Crippen LogP contribution is 2.45. The summed E-state index contributed by atoms with van der Waals surface area (Å²) in [6, 6.07) is 0. The van der Waals surface area contributed by atoms with Gasteiger partial charge >= 0.3 is 39.5 Å². The van der Waals surface area contributed by atoms with E-state index in [4.69, 9.17) is 37.0 Å². The van der Waals surface area contributed by atoms with Crippen LogP contribution >= 0.6 is 15.6 Å². The van der Waals surface area contributed by atoms with Gasteiger partial charge in [-0.25, -0.2) is 9.13 Å². The first kappa shape index (κ1) is 91.1. The van der Waals surface area contributed by atoms with Gasteiger partial charge in [-0.05, 0) is 43.4 Å². The van der Waals surface area contributed by atoms with Gasteiger partial charge in [-0.15, -0.1) is 0 Å². The molecule has 0 fully saturated rings. The van der Waals surface area contributed by atoms with Gasteiger partial charge in [0.25, 0.3) is 0 Å². The lowest BCUT2D eigenvalue weighted by atomic mass is 10.00. The number of aliphatic hydroxyl groups is 1. The van der Waals surface area contributed by atoms with E-state index in [-0.39, 0.29) is 25.7 Å². The number of carbonyl (C=O) groups excluding carboxylic acids is 4. The molecule has 0 radical (unpaired) electrons. The molecule has 0 aliphatic heterocycles. The summed E-state index contributed by atoms with van der Waals surface area (Å²) in [6.45, 7) is 11.7. The molecular formula is C74H144O17P2. The van der Waals surface area contributed by atoms with Gasteiger partial charge in [0, 0.05) is 25.7 Å². The zero-order valence-electron chi connectivity index (χ0n) is 60.7. The Morgan fingerprint density at radius 3 is 0.817 bits per heavy atom. The van der Waals surface area contributed by atoms with Crippen LogP contribution in [0, 0.1) is 17.8 Å². The fraction of sp³-hybridized carbons (Fsp3) is 0.946. The Morgan fingerprint density at radius 2 is 0.548 bits per heavy atom.